The third-order valence-corrected chi connectivity index (χ3v) is 6.33. The molecular weight excluding hydrogens is 382 g/mol. The number of aromatic nitrogens is 1. The van der Waals surface area contributed by atoms with E-state index >= 15 is 0 Å². The summed E-state index contributed by atoms with van der Waals surface area (Å²) in [4.78, 5) is 18.5. The molecule has 152 valence electrons. The molecule has 0 spiro atoms. The fourth-order valence-electron chi connectivity index (χ4n) is 3.73. The molecule has 2 N–H and O–H groups in total. The lowest BCUT2D eigenvalue weighted by atomic mass is 10.1. The quantitative estimate of drug-likeness (QED) is 0.587. The van der Waals surface area contributed by atoms with Gasteiger partial charge in [-0.15, -0.1) is 0 Å². The highest BCUT2D eigenvalue weighted by Crippen LogP contribution is 2.26. The normalized spacial score (nSPS) is 14.9. The zero-order chi connectivity index (χ0) is 20.1. The molecule has 0 saturated carbocycles. The number of hydrogen-bond donors (Lipinski definition) is 2. The minimum atomic E-state index is 0.00920. The number of rotatable bonds is 7. The second-order valence-corrected chi connectivity index (χ2v) is 8.68. The highest BCUT2D eigenvalue weighted by atomic mass is 32.2. The van der Waals surface area contributed by atoms with Gasteiger partial charge in [0, 0.05) is 11.3 Å². The fourth-order valence-corrected chi connectivity index (χ4v) is 4.53. The van der Waals surface area contributed by atoms with Crippen molar-refractivity contribution in [3.05, 3.63) is 59.2 Å². The molecule has 1 aromatic heterocycles. The second-order valence-electron chi connectivity index (χ2n) is 7.75. The topological polar surface area (TPSA) is 59.6 Å². The van der Waals surface area contributed by atoms with Crippen molar-refractivity contribution in [1.29, 1.82) is 0 Å². The molecule has 0 bridgehead atoms. The van der Waals surface area contributed by atoms with Gasteiger partial charge in [-0.25, -0.2) is 4.98 Å². The Kier molecular flexibility index (Phi) is 6.52. The molecule has 1 fully saturated rings. The number of thioether (sulfide) groups is 1. The van der Waals surface area contributed by atoms with Crippen LogP contribution in [-0.2, 0) is 5.75 Å². The lowest BCUT2D eigenvalue weighted by Gasteiger charge is -2.23. The van der Waals surface area contributed by atoms with E-state index < -0.39 is 0 Å². The molecule has 0 radical (unpaired) electrons. The number of nitrogens with zero attached hydrogens (tertiary/aromatic N) is 1. The van der Waals surface area contributed by atoms with Gasteiger partial charge in [0.05, 0.1) is 26.2 Å². The molecule has 2 heterocycles. The minimum absolute atomic E-state index is 0.00920. The van der Waals surface area contributed by atoms with Crippen LogP contribution in [0.15, 0.2) is 52.1 Å². The van der Waals surface area contributed by atoms with Crippen LogP contribution in [0.2, 0.25) is 0 Å². The van der Waals surface area contributed by atoms with Gasteiger partial charge in [-0.05, 0) is 61.6 Å². The number of piperidine rings is 1. The monoisotopic (exact) mass is 410 g/mol. The lowest BCUT2D eigenvalue weighted by Crippen LogP contribution is -3.13. The van der Waals surface area contributed by atoms with Crippen LogP contribution >= 0.6 is 11.8 Å². The molecule has 2 aromatic carbocycles. The van der Waals surface area contributed by atoms with Crippen LogP contribution in [0.25, 0.3) is 11.1 Å². The Morgan fingerprint density at radius 3 is 2.72 bits per heavy atom. The van der Waals surface area contributed by atoms with Crippen molar-refractivity contribution < 1.29 is 14.1 Å². The van der Waals surface area contributed by atoms with Gasteiger partial charge in [-0.3, -0.25) is 4.79 Å². The highest BCUT2D eigenvalue weighted by molar-refractivity contribution is 7.98. The van der Waals surface area contributed by atoms with E-state index in [1.165, 1.54) is 37.9 Å². The first-order valence-electron chi connectivity index (χ1n) is 10.4. The van der Waals surface area contributed by atoms with Crippen LogP contribution in [0.3, 0.4) is 0 Å². The predicted octanol–water partition coefficient (Wildman–Crippen LogP) is 3.23. The molecule has 4 rings (SSSR count). The number of quaternary nitrogens is 1. The van der Waals surface area contributed by atoms with Crippen LogP contribution in [0.5, 0.6) is 0 Å². The fraction of sp³-hybridized carbons (Fsp3) is 0.391. The van der Waals surface area contributed by atoms with Gasteiger partial charge in [-0.2, -0.15) is 0 Å². The van der Waals surface area contributed by atoms with Crippen molar-refractivity contribution in [3.63, 3.8) is 0 Å². The number of nitrogens with one attached hydrogen (secondary N) is 2. The molecule has 1 saturated heterocycles. The summed E-state index contributed by atoms with van der Waals surface area (Å²) < 4.78 is 5.79. The van der Waals surface area contributed by atoms with Crippen molar-refractivity contribution in [2.75, 3.05) is 26.2 Å². The number of carbonyl (C=O) groups excluding carboxylic acids is 1. The van der Waals surface area contributed by atoms with Gasteiger partial charge in [0.25, 0.3) is 11.1 Å². The molecular formula is C23H28N3O2S+. The van der Waals surface area contributed by atoms with Crippen LogP contribution in [0.4, 0.5) is 0 Å². The third kappa shape index (κ3) is 5.40. The van der Waals surface area contributed by atoms with Gasteiger partial charge in [-0.1, -0.05) is 30.0 Å². The van der Waals surface area contributed by atoms with Gasteiger partial charge >= 0.3 is 0 Å². The number of carbonyl (C=O) groups is 1. The van der Waals surface area contributed by atoms with E-state index in [1.807, 2.05) is 49.4 Å². The Labute approximate surface area is 175 Å². The second kappa shape index (κ2) is 9.46. The van der Waals surface area contributed by atoms with Gasteiger partial charge in [0.15, 0.2) is 5.58 Å². The zero-order valence-corrected chi connectivity index (χ0v) is 17.7. The Balaban J connectivity index is 1.26. The summed E-state index contributed by atoms with van der Waals surface area (Å²) in [5, 5.41) is 3.73. The summed E-state index contributed by atoms with van der Waals surface area (Å²) in [5.41, 5.74) is 4.74. The summed E-state index contributed by atoms with van der Waals surface area (Å²) >= 11 is 1.57. The Hall–Kier alpha value is -2.31. The van der Waals surface area contributed by atoms with Crippen molar-refractivity contribution in [3.8, 4) is 0 Å². The predicted molar refractivity (Wildman–Crippen MR) is 116 cm³/mol. The van der Waals surface area contributed by atoms with Crippen LogP contribution in [0, 0.1) is 6.92 Å². The Bertz CT molecular complexity index is 962. The largest absolute Gasteiger partial charge is 0.431 e. The SMILES string of the molecule is Cc1ccc2oc(SCc3ccc(C(=O)NCC[NH+]4CCCCC4)cc3)nc2c1. The number of amides is 1. The molecule has 3 aromatic rings. The Morgan fingerprint density at radius 1 is 1.14 bits per heavy atom. The number of aryl methyl sites for hydroxylation is 1. The summed E-state index contributed by atoms with van der Waals surface area (Å²) in [6.07, 6.45) is 3.98. The van der Waals surface area contributed by atoms with Crippen LogP contribution in [0.1, 0.15) is 40.7 Å². The van der Waals surface area contributed by atoms with E-state index in [2.05, 4.69) is 10.3 Å². The van der Waals surface area contributed by atoms with Crippen LogP contribution < -0.4 is 10.2 Å². The maximum absolute atomic E-state index is 12.4. The smallest absolute Gasteiger partial charge is 0.257 e. The van der Waals surface area contributed by atoms with Crippen molar-refractivity contribution in [1.82, 2.24) is 10.3 Å². The van der Waals surface area contributed by atoms with Gasteiger partial charge in [0.1, 0.15) is 5.52 Å². The molecule has 0 unspecified atom stereocenters. The molecule has 29 heavy (non-hydrogen) atoms. The average molecular weight is 411 g/mol. The highest BCUT2D eigenvalue weighted by Gasteiger charge is 2.14. The Morgan fingerprint density at radius 2 is 1.93 bits per heavy atom. The van der Waals surface area contributed by atoms with E-state index in [0.717, 1.165) is 35.5 Å². The number of likely N-dealkylation sites (tertiary alicyclic amines) is 1. The van der Waals surface area contributed by atoms with E-state index in [0.29, 0.717) is 10.8 Å². The van der Waals surface area contributed by atoms with Crippen molar-refractivity contribution in [2.45, 2.75) is 37.2 Å². The standard InChI is InChI=1S/C23H27N3O2S/c1-17-5-10-21-20(15-17)25-23(28-21)29-16-18-6-8-19(9-7-18)22(27)24-11-14-26-12-3-2-4-13-26/h5-10,15H,2-4,11-14,16H2,1H3,(H,24,27)/p+1. The molecule has 1 amide bonds. The van der Waals surface area contributed by atoms with E-state index in [-0.39, 0.29) is 5.91 Å². The molecule has 1 aliphatic heterocycles. The number of oxazole rings is 1. The van der Waals surface area contributed by atoms with Crippen molar-refractivity contribution >= 4 is 28.8 Å². The first-order valence-corrected chi connectivity index (χ1v) is 11.4. The van der Waals surface area contributed by atoms with E-state index in [9.17, 15) is 4.79 Å². The lowest BCUT2D eigenvalue weighted by molar-refractivity contribution is -0.903. The van der Waals surface area contributed by atoms with Gasteiger partial charge in [0.2, 0.25) is 0 Å². The minimum Gasteiger partial charge on any atom is -0.431 e. The number of benzene rings is 2. The first-order chi connectivity index (χ1) is 14.2. The summed E-state index contributed by atoms with van der Waals surface area (Å²) in [5.74, 6) is 0.765. The first kappa shape index (κ1) is 20.0. The third-order valence-electron chi connectivity index (χ3n) is 5.43. The van der Waals surface area contributed by atoms with E-state index in [1.54, 1.807) is 16.7 Å². The maximum atomic E-state index is 12.4. The molecule has 0 aliphatic carbocycles. The number of hydrogen-bond acceptors (Lipinski definition) is 4. The molecule has 1 aliphatic rings. The molecule has 5 nitrogen and oxygen atoms in total. The maximum Gasteiger partial charge on any atom is 0.257 e. The zero-order valence-electron chi connectivity index (χ0n) is 16.9. The van der Waals surface area contributed by atoms with Crippen molar-refractivity contribution in [2.24, 2.45) is 0 Å². The summed E-state index contributed by atoms with van der Waals surface area (Å²) in [6, 6.07) is 13.8. The van der Waals surface area contributed by atoms with Crippen LogP contribution in [-0.4, -0.2) is 37.1 Å². The van der Waals surface area contributed by atoms with E-state index in [4.69, 9.17) is 4.42 Å². The summed E-state index contributed by atoms with van der Waals surface area (Å²) in [7, 11) is 0. The molecule has 6 heteroatoms. The average Bonchev–Trinajstić information content (AvgIpc) is 3.15. The number of fused-ring (bicyclic) bond motifs is 1. The summed E-state index contributed by atoms with van der Waals surface area (Å²) in [6.45, 7) is 6.28. The van der Waals surface area contributed by atoms with Gasteiger partial charge < -0.3 is 14.6 Å². The molecule has 0 atom stereocenters.